The maximum Gasteiger partial charge on any atom is 0.306 e. The van der Waals surface area contributed by atoms with E-state index in [0.29, 0.717) is 12.8 Å². The minimum Gasteiger partial charge on any atom is -0.496 e. The molecular weight excluding hydrogens is 204 g/mol. The van der Waals surface area contributed by atoms with E-state index in [1.165, 1.54) is 0 Å². The van der Waals surface area contributed by atoms with E-state index in [1.807, 2.05) is 31.2 Å². The van der Waals surface area contributed by atoms with Crippen LogP contribution in [-0.2, 0) is 16.0 Å². The summed E-state index contributed by atoms with van der Waals surface area (Å²) in [4.78, 5) is 11.1. The van der Waals surface area contributed by atoms with E-state index >= 15 is 0 Å². The molecule has 16 heavy (non-hydrogen) atoms. The van der Waals surface area contributed by atoms with Crippen LogP contribution >= 0.6 is 0 Å². The fourth-order valence-corrected chi connectivity index (χ4v) is 2.12. The fourth-order valence-electron chi connectivity index (χ4n) is 2.12. The Hall–Kier alpha value is -1.51. The van der Waals surface area contributed by atoms with Gasteiger partial charge in [0.2, 0.25) is 0 Å². The number of esters is 1. The number of hydrogen-bond acceptors (Lipinski definition) is 3. The highest BCUT2D eigenvalue weighted by molar-refractivity contribution is 5.72. The second kappa shape index (κ2) is 4.16. The Kier molecular flexibility index (Phi) is 2.86. The number of rotatable bonds is 3. The van der Waals surface area contributed by atoms with E-state index < -0.39 is 0 Å². The van der Waals surface area contributed by atoms with Crippen molar-refractivity contribution in [2.75, 3.05) is 7.11 Å². The molecule has 1 aromatic rings. The van der Waals surface area contributed by atoms with E-state index in [2.05, 4.69) is 0 Å². The van der Waals surface area contributed by atoms with Gasteiger partial charge in [0.05, 0.1) is 7.11 Å². The molecule has 0 radical (unpaired) electrons. The first-order chi connectivity index (χ1) is 7.63. The largest absolute Gasteiger partial charge is 0.496 e. The molecule has 1 heterocycles. The number of carbonyl (C=O) groups is 1. The number of para-hydroxylation sites is 1. The van der Waals surface area contributed by atoms with Crippen LogP contribution in [-0.4, -0.2) is 18.7 Å². The molecule has 2 rings (SSSR count). The van der Waals surface area contributed by atoms with Crippen LogP contribution in [0.3, 0.4) is 0 Å². The van der Waals surface area contributed by atoms with Crippen LogP contribution in [0.15, 0.2) is 24.3 Å². The van der Waals surface area contributed by atoms with Gasteiger partial charge in [-0.1, -0.05) is 18.2 Å². The zero-order valence-corrected chi connectivity index (χ0v) is 9.66. The minimum absolute atomic E-state index is 0.0996. The van der Waals surface area contributed by atoms with Crippen LogP contribution in [0.25, 0.3) is 0 Å². The first-order valence-electron chi connectivity index (χ1n) is 5.47. The Labute approximate surface area is 95.4 Å². The molecule has 1 unspecified atom stereocenters. The maximum atomic E-state index is 11.1. The molecule has 0 bridgehead atoms. The molecule has 0 N–H and O–H groups in total. The molecule has 1 fully saturated rings. The number of cyclic esters (lactones) is 1. The van der Waals surface area contributed by atoms with Crippen molar-refractivity contribution in [3.05, 3.63) is 29.8 Å². The van der Waals surface area contributed by atoms with Crippen LogP contribution in [0, 0.1) is 0 Å². The van der Waals surface area contributed by atoms with E-state index in [-0.39, 0.29) is 11.6 Å². The predicted octanol–water partition coefficient (Wildman–Crippen LogP) is 2.33. The van der Waals surface area contributed by atoms with Crippen molar-refractivity contribution in [2.45, 2.75) is 31.8 Å². The predicted molar refractivity (Wildman–Crippen MR) is 60.4 cm³/mol. The van der Waals surface area contributed by atoms with Gasteiger partial charge in [0.25, 0.3) is 0 Å². The lowest BCUT2D eigenvalue weighted by atomic mass is 9.93. The molecule has 1 aromatic carbocycles. The van der Waals surface area contributed by atoms with E-state index in [4.69, 9.17) is 9.47 Å². The highest BCUT2D eigenvalue weighted by Gasteiger charge is 2.36. The first-order valence-corrected chi connectivity index (χ1v) is 5.47. The van der Waals surface area contributed by atoms with Crippen molar-refractivity contribution in [1.29, 1.82) is 0 Å². The second-order valence-electron chi connectivity index (χ2n) is 4.41. The summed E-state index contributed by atoms with van der Waals surface area (Å²) in [6.07, 6.45) is 2.01. The van der Waals surface area contributed by atoms with Crippen molar-refractivity contribution < 1.29 is 14.3 Å². The summed E-state index contributed by atoms with van der Waals surface area (Å²) >= 11 is 0. The SMILES string of the molecule is COc1ccccc1CC1(C)CCC(=O)O1. The van der Waals surface area contributed by atoms with Gasteiger partial charge in [-0.15, -0.1) is 0 Å². The Morgan fingerprint density at radius 1 is 1.44 bits per heavy atom. The van der Waals surface area contributed by atoms with E-state index in [9.17, 15) is 4.79 Å². The van der Waals surface area contributed by atoms with Gasteiger partial charge in [-0.2, -0.15) is 0 Å². The number of benzene rings is 1. The molecular formula is C13H16O3. The Morgan fingerprint density at radius 3 is 2.81 bits per heavy atom. The quantitative estimate of drug-likeness (QED) is 0.733. The van der Waals surface area contributed by atoms with Gasteiger partial charge >= 0.3 is 5.97 Å². The Bertz CT molecular complexity index is 400. The van der Waals surface area contributed by atoms with Crippen molar-refractivity contribution in [3.63, 3.8) is 0 Å². The van der Waals surface area contributed by atoms with Gasteiger partial charge in [-0.3, -0.25) is 4.79 Å². The summed E-state index contributed by atoms with van der Waals surface area (Å²) in [5.41, 5.74) is 0.716. The molecule has 1 aliphatic rings. The van der Waals surface area contributed by atoms with Crippen molar-refractivity contribution in [1.82, 2.24) is 0 Å². The molecule has 1 aliphatic heterocycles. The van der Waals surface area contributed by atoms with E-state index in [0.717, 1.165) is 17.7 Å². The van der Waals surface area contributed by atoms with E-state index in [1.54, 1.807) is 7.11 Å². The molecule has 0 saturated carbocycles. The lowest BCUT2D eigenvalue weighted by Gasteiger charge is -2.23. The van der Waals surface area contributed by atoms with Crippen LogP contribution in [0.1, 0.15) is 25.3 Å². The minimum atomic E-state index is -0.369. The number of carbonyl (C=O) groups excluding carboxylic acids is 1. The van der Waals surface area contributed by atoms with Crippen LogP contribution in [0.2, 0.25) is 0 Å². The molecule has 3 heteroatoms. The number of ether oxygens (including phenoxy) is 2. The summed E-state index contributed by atoms with van der Waals surface area (Å²) in [6.45, 7) is 1.98. The highest BCUT2D eigenvalue weighted by Crippen LogP contribution is 2.32. The van der Waals surface area contributed by atoms with Gasteiger partial charge in [0.15, 0.2) is 0 Å². The van der Waals surface area contributed by atoms with Crippen LogP contribution in [0.5, 0.6) is 5.75 Å². The third-order valence-corrected chi connectivity index (χ3v) is 2.98. The smallest absolute Gasteiger partial charge is 0.306 e. The first kappa shape index (κ1) is 11.0. The Morgan fingerprint density at radius 2 is 2.19 bits per heavy atom. The van der Waals surface area contributed by atoms with Crippen LogP contribution < -0.4 is 4.74 Å². The second-order valence-corrected chi connectivity index (χ2v) is 4.41. The molecule has 0 spiro atoms. The van der Waals surface area contributed by atoms with Gasteiger partial charge in [0.1, 0.15) is 11.4 Å². The molecule has 86 valence electrons. The standard InChI is InChI=1S/C13H16O3/c1-13(8-7-12(14)16-13)9-10-5-3-4-6-11(10)15-2/h3-6H,7-9H2,1-2H3. The summed E-state index contributed by atoms with van der Waals surface area (Å²) in [6, 6.07) is 7.84. The summed E-state index contributed by atoms with van der Waals surface area (Å²) in [5.74, 6) is 0.754. The summed E-state index contributed by atoms with van der Waals surface area (Å²) < 4.78 is 10.6. The fraction of sp³-hybridized carbons (Fsp3) is 0.462. The summed E-state index contributed by atoms with van der Waals surface area (Å²) in [7, 11) is 1.65. The maximum absolute atomic E-state index is 11.1. The van der Waals surface area contributed by atoms with Crippen molar-refractivity contribution in [3.8, 4) is 5.75 Å². The van der Waals surface area contributed by atoms with Gasteiger partial charge in [-0.25, -0.2) is 0 Å². The van der Waals surface area contributed by atoms with Gasteiger partial charge < -0.3 is 9.47 Å². The van der Waals surface area contributed by atoms with Gasteiger partial charge in [0, 0.05) is 12.8 Å². The average Bonchev–Trinajstić information content (AvgIpc) is 2.59. The average molecular weight is 220 g/mol. The molecule has 0 aliphatic carbocycles. The lowest BCUT2D eigenvalue weighted by molar-refractivity contribution is -0.147. The molecule has 0 amide bonds. The molecule has 1 saturated heterocycles. The molecule has 1 atom stereocenters. The third kappa shape index (κ3) is 2.18. The summed E-state index contributed by atoms with van der Waals surface area (Å²) in [5, 5.41) is 0. The normalized spacial score (nSPS) is 24.2. The highest BCUT2D eigenvalue weighted by atomic mass is 16.6. The van der Waals surface area contributed by atoms with Crippen LogP contribution in [0.4, 0.5) is 0 Å². The zero-order valence-electron chi connectivity index (χ0n) is 9.66. The monoisotopic (exact) mass is 220 g/mol. The third-order valence-electron chi connectivity index (χ3n) is 2.98. The van der Waals surface area contributed by atoms with Gasteiger partial charge in [-0.05, 0) is 25.0 Å². The topological polar surface area (TPSA) is 35.5 Å². The lowest BCUT2D eigenvalue weighted by Crippen LogP contribution is -2.27. The number of hydrogen-bond donors (Lipinski definition) is 0. The molecule has 3 nitrogen and oxygen atoms in total. The Balaban J connectivity index is 2.17. The molecule has 0 aromatic heterocycles. The van der Waals surface area contributed by atoms with Crippen molar-refractivity contribution in [2.24, 2.45) is 0 Å². The zero-order chi connectivity index (χ0) is 11.6. The number of methoxy groups -OCH3 is 1. The van der Waals surface area contributed by atoms with Crippen molar-refractivity contribution >= 4 is 5.97 Å².